The van der Waals surface area contributed by atoms with E-state index in [-0.39, 0.29) is 6.71 Å². The zero-order chi connectivity index (χ0) is 33.8. The topological polar surface area (TPSA) is 59.7 Å². The van der Waals surface area contributed by atoms with Crippen LogP contribution in [0.2, 0.25) is 0 Å². The maximum Gasteiger partial charge on any atom is 0.252 e. The Labute approximate surface area is 295 Å². The van der Waals surface area contributed by atoms with E-state index in [2.05, 4.69) is 161 Å². The number of hydrogen-bond acceptors (Lipinski definition) is 4. The Morgan fingerprint density at radius 2 is 1.27 bits per heavy atom. The average molecular weight is 655 g/mol. The molecule has 0 bridgehead atoms. The number of benzene rings is 6. The van der Waals surface area contributed by atoms with Gasteiger partial charge in [-0.25, -0.2) is 9.97 Å². The molecule has 0 saturated carbocycles. The number of rotatable bonds is 3. The molecule has 0 unspecified atom stereocenters. The Morgan fingerprint density at radius 1 is 0.549 bits per heavy atom. The maximum absolute atomic E-state index is 5.29. The SMILES string of the molecule is Cc1cccc(C)c1-n1c(-c2ccc3c(c2)B2c4cc5c(cc4Nc4cccc(c42)N3)c2ccccc2n5-c2ccccn2)nc2ccccc21. The van der Waals surface area contributed by atoms with Crippen molar-refractivity contribution < 1.29 is 0 Å². The van der Waals surface area contributed by atoms with Crippen LogP contribution in [0, 0.1) is 13.8 Å². The number of nitrogens with zero attached hydrogens (tertiary/aromatic N) is 4. The summed E-state index contributed by atoms with van der Waals surface area (Å²) < 4.78 is 4.65. The van der Waals surface area contributed by atoms with E-state index in [1.807, 2.05) is 12.3 Å². The molecular weight excluding hydrogens is 623 g/mol. The number of nitrogens with one attached hydrogen (secondary N) is 2. The first-order chi connectivity index (χ1) is 25.1. The minimum atomic E-state index is 0.00118. The number of aryl methyl sites for hydroxylation is 2. The van der Waals surface area contributed by atoms with E-state index in [1.165, 1.54) is 44.0 Å². The van der Waals surface area contributed by atoms with Crippen molar-refractivity contribution in [2.24, 2.45) is 0 Å². The molecule has 7 heteroatoms. The Bertz CT molecular complexity index is 2880. The third kappa shape index (κ3) is 4.00. The van der Waals surface area contributed by atoms with Crippen LogP contribution in [-0.2, 0) is 0 Å². The molecule has 3 aromatic heterocycles. The van der Waals surface area contributed by atoms with Gasteiger partial charge in [0.2, 0.25) is 0 Å². The predicted octanol–water partition coefficient (Wildman–Crippen LogP) is 8.43. The standard InChI is InChI=1S/C44H31BN6/c1-26-11-9-12-27(2)43(26)51-39-18-6-4-14-34(39)49-44(51)28-20-21-33-31(23-28)45-32-25-40-30(24-37(32)48-36-16-10-15-35(47-33)42(36)45)29-13-3-5-17-38(29)50(40)41-19-7-8-22-46-41/h3-25,47-48H,1-2H3. The lowest BCUT2D eigenvalue weighted by Crippen LogP contribution is -2.59. The second-order valence-corrected chi connectivity index (χ2v) is 13.7. The van der Waals surface area contributed by atoms with Gasteiger partial charge in [-0.2, -0.15) is 0 Å². The van der Waals surface area contributed by atoms with Crippen LogP contribution in [0.15, 0.2) is 140 Å². The van der Waals surface area contributed by atoms with E-state index < -0.39 is 0 Å². The van der Waals surface area contributed by atoms with E-state index in [0.717, 1.165) is 62.0 Å². The molecule has 5 heterocycles. The van der Waals surface area contributed by atoms with Crippen molar-refractivity contribution in [2.45, 2.75) is 13.8 Å². The summed E-state index contributed by atoms with van der Waals surface area (Å²) in [5, 5.41) is 10.0. The number of anilines is 4. The lowest BCUT2D eigenvalue weighted by Gasteiger charge is -2.35. The molecule has 9 aromatic rings. The van der Waals surface area contributed by atoms with E-state index >= 15 is 0 Å². The molecule has 2 aliphatic heterocycles. The Balaban J connectivity index is 1.18. The van der Waals surface area contributed by atoms with Crippen molar-refractivity contribution in [3.05, 3.63) is 151 Å². The molecule has 0 aliphatic carbocycles. The van der Waals surface area contributed by atoms with Crippen LogP contribution in [0.25, 0.3) is 55.7 Å². The summed E-state index contributed by atoms with van der Waals surface area (Å²) in [5.74, 6) is 1.85. The largest absolute Gasteiger partial charge is 0.356 e. The Kier molecular flexibility index (Phi) is 5.79. The lowest BCUT2D eigenvalue weighted by molar-refractivity contribution is 1.06. The smallest absolute Gasteiger partial charge is 0.252 e. The van der Waals surface area contributed by atoms with Gasteiger partial charge in [-0.15, -0.1) is 0 Å². The van der Waals surface area contributed by atoms with Crippen LogP contribution in [0.1, 0.15) is 11.1 Å². The van der Waals surface area contributed by atoms with Gasteiger partial charge in [0.1, 0.15) is 11.6 Å². The molecule has 240 valence electrons. The fourth-order valence-electron chi connectivity index (χ4n) is 8.63. The minimum Gasteiger partial charge on any atom is -0.356 e. The van der Waals surface area contributed by atoms with Crippen molar-refractivity contribution in [3.8, 4) is 22.9 Å². The Hall–Kier alpha value is -6.60. The second-order valence-electron chi connectivity index (χ2n) is 13.7. The van der Waals surface area contributed by atoms with Gasteiger partial charge in [0.05, 0.1) is 27.8 Å². The van der Waals surface area contributed by atoms with Crippen LogP contribution in [0.4, 0.5) is 22.7 Å². The van der Waals surface area contributed by atoms with Crippen LogP contribution in [0.3, 0.4) is 0 Å². The number of fused-ring (bicyclic) bond motifs is 8. The zero-order valence-electron chi connectivity index (χ0n) is 28.1. The van der Waals surface area contributed by atoms with Gasteiger partial charge in [0.15, 0.2) is 0 Å². The van der Waals surface area contributed by atoms with Crippen molar-refractivity contribution in [1.29, 1.82) is 0 Å². The summed E-state index contributed by atoms with van der Waals surface area (Å²) in [7, 11) is 0. The van der Waals surface area contributed by atoms with Gasteiger partial charge in [-0.1, -0.05) is 66.7 Å². The molecule has 6 aromatic carbocycles. The second kappa shape index (κ2) is 10.5. The van der Waals surface area contributed by atoms with Gasteiger partial charge in [0.25, 0.3) is 6.71 Å². The maximum atomic E-state index is 5.29. The first kappa shape index (κ1) is 28.3. The summed E-state index contributed by atoms with van der Waals surface area (Å²) >= 11 is 0. The fraction of sp³-hybridized carbons (Fsp3) is 0.0455. The summed E-state index contributed by atoms with van der Waals surface area (Å²) in [6.45, 7) is 4.38. The number of hydrogen-bond donors (Lipinski definition) is 2. The first-order valence-corrected chi connectivity index (χ1v) is 17.5. The van der Waals surface area contributed by atoms with Gasteiger partial charge in [-0.05, 0) is 108 Å². The van der Waals surface area contributed by atoms with Crippen molar-refractivity contribution in [2.75, 3.05) is 10.6 Å². The highest BCUT2D eigenvalue weighted by Gasteiger charge is 2.38. The molecule has 2 N–H and O–H groups in total. The van der Waals surface area contributed by atoms with E-state index in [0.29, 0.717) is 0 Å². The van der Waals surface area contributed by atoms with E-state index in [4.69, 9.17) is 9.97 Å². The van der Waals surface area contributed by atoms with Gasteiger partial charge < -0.3 is 10.6 Å². The minimum absolute atomic E-state index is 0.00118. The normalized spacial score (nSPS) is 12.8. The Morgan fingerprint density at radius 3 is 2.10 bits per heavy atom. The first-order valence-electron chi connectivity index (χ1n) is 17.5. The molecule has 0 saturated heterocycles. The van der Waals surface area contributed by atoms with Crippen molar-refractivity contribution >= 4 is 78.7 Å². The number of para-hydroxylation sites is 4. The molecule has 0 radical (unpaired) electrons. The zero-order valence-corrected chi connectivity index (χ0v) is 28.1. The lowest BCUT2D eigenvalue weighted by atomic mass is 9.33. The van der Waals surface area contributed by atoms with E-state index in [9.17, 15) is 0 Å². The number of imidazole rings is 1. The monoisotopic (exact) mass is 654 g/mol. The highest BCUT2D eigenvalue weighted by atomic mass is 15.1. The van der Waals surface area contributed by atoms with Gasteiger partial charge in [-0.3, -0.25) is 9.13 Å². The summed E-state index contributed by atoms with van der Waals surface area (Å²) in [6.07, 6.45) is 1.87. The molecule has 0 atom stereocenters. The van der Waals surface area contributed by atoms with Crippen LogP contribution in [-0.4, -0.2) is 25.8 Å². The van der Waals surface area contributed by atoms with Crippen molar-refractivity contribution in [3.63, 3.8) is 0 Å². The number of aromatic nitrogens is 4. The summed E-state index contributed by atoms with van der Waals surface area (Å²) in [6, 6.07) is 47.8. The number of pyridine rings is 1. The van der Waals surface area contributed by atoms with Crippen LogP contribution in [0.5, 0.6) is 0 Å². The molecular formula is C44H31BN6. The molecule has 0 amide bonds. The van der Waals surface area contributed by atoms with Crippen molar-refractivity contribution in [1.82, 2.24) is 19.1 Å². The third-order valence-electron chi connectivity index (χ3n) is 10.8. The van der Waals surface area contributed by atoms with Gasteiger partial charge in [0, 0.05) is 45.3 Å². The highest BCUT2D eigenvalue weighted by Crippen LogP contribution is 2.38. The van der Waals surface area contributed by atoms with Gasteiger partial charge >= 0.3 is 0 Å². The molecule has 2 aliphatic rings. The summed E-state index contributed by atoms with van der Waals surface area (Å²) in [4.78, 5) is 10.1. The quantitative estimate of drug-likeness (QED) is 0.188. The fourth-order valence-corrected chi connectivity index (χ4v) is 8.63. The highest BCUT2D eigenvalue weighted by molar-refractivity contribution is 7.00. The summed E-state index contributed by atoms with van der Waals surface area (Å²) in [5.41, 5.74) is 17.3. The van der Waals surface area contributed by atoms with Crippen LogP contribution < -0.4 is 27.0 Å². The molecule has 6 nitrogen and oxygen atoms in total. The predicted molar refractivity (Wildman–Crippen MR) is 212 cm³/mol. The van der Waals surface area contributed by atoms with E-state index in [1.54, 1.807) is 0 Å². The molecule has 0 fully saturated rings. The average Bonchev–Trinajstić information content (AvgIpc) is 3.70. The molecule has 11 rings (SSSR count). The third-order valence-corrected chi connectivity index (χ3v) is 10.8. The van der Waals surface area contributed by atoms with Crippen LogP contribution >= 0.6 is 0 Å². The molecule has 0 spiro atoms. The molecule has 51 heavy (non-hydrogen) atoms.